The van der Waals surface area contributed by atoms with Gasteiger partial charge >= 0.3 is 5.69 Å². The largest absolute Gasteiger partial charge is 0.347 e. The van der Waals surface area contributed by atoms with Crippen LogP contribution in [0.3, 0.4) is 0 Å². The molecule has 1 aromatic rings. The van der Waals surface area contributed by atoms with Crippen molar-refractivity contribution in [3.63, 3.8) is 0 Å². The van der Waals surface area contributed by atoms with Gasteiger partial charge in [-0.15, -0.1) is 5.10 Å². The molecule has 1 aliphatic heterocycles. The summed E-state index contributed by atoms with van der Waals surface area (Å²) in [6.45, 7) is 4.38. The van der Waals surface area contributed by atoms with Crippen LogP contribution in [0.25, 0.3) is 0 Å². The van der Waals surface area contributed by atoms with Crippen LogP contribution in [-0.2, 0) is 7.05 Å². The number of rotatable bonds is 2. The van der Waals surface area contributed by atoms with Crippen molar-refractivity contribution < 1.29 is 4.92 Å². The second kappa shape index (κ2) is 4.09. The van der Waals surface area contributed by atoms with Crippen LogP contribution < -0.4 is 10.2 Å². The molecule has 1 N–H and O–H groups in total. The van der Waals surface area contributed by atoms with Crippen LogP contribution in [0.4, 0.5) is 11.5 Å². The lowest BCUT2D eigenvalue weighted by Gasteiger charge is -2.31. The minimum Gasteiger partial charge on any atom is -0.347 e. The third-order valence-electron chi connectivity index (χ3n) is 2.66. The van der Waals surface area contributed by atoms with E-state index in [-0.39, 0.29) is 10.6 Å². The average Bonchev–Trinajstić information content (AvgIpc) is 2.60. The second-order valence-electron chi connectivity index (χ2n) is 4.07. The molecule has 1 aliphatic rings. The number of nitrogens with zero attached hydrogens (tertiary/aromatic N) is 4. The molecule has 0 radical (unpaired) electrons. The Morgan fingerprint density at radius 3 is 3.06 bits per heavy atom. The molecule has 0 amide bonds. The first kappa shape index (κ1) is 10.9. The summed E-state index contributed by atoms with van der Waals surface area (Å²) in [4.78, 5) is 12.4. The fraction of sp³-hybridized carbons (Fsp3) is 0.667. The Morgan fingerprint density at radius 2 is 2.44 bits per heavy atom. The first-order chi connectivity index (χ1) is 7.58. The maximum absolute atomic E-state index is 10.9. The highest BCUT2D eigenvalue weighted by Crippen LogP contribution is 2.26. The second-order valence-corrected chi connectivity index (χ2v) is 4.07. The summed E-state index contributed by atoms with van der Waals surface area (Å²) in [7, 11) is 1.70. The lowest BCUT2D eigenvalue weighted by Crippen LogP contribution is -2.49. The van der Waals surface area contributed by atoms with Gasteiger partial charge in [0.15, 0.2) is 0 Å². The molecule has 7 nitrogen and oxygen atoms in total. The lowest BCUT2D eigenvalue weighted by molar-refractivity contribution is -0.384. The van der Waals surface area contributed by atoms with E-state index in [0.29, 0.717) is 11.9 Å². The van der Waals surface area contributed by atoms with Crippen LogP contribution in [0.1, 0.15) is 6.92 Å². The number of piperazine rings is 1. The fourth-order valence-electron chi connectivity index (χ4n) is 1.94. The van der Waals surface area contributed by atoms with Crippen molar-refractivity contribution in [3.8, 4) is 0 Å². The number of hydrogen-bond acceptors (Lipinski definition) is 5. The quantitative estimate of drug-likeness (QED) is 0.571. The van der Waals surface area contributed by atoms with Crippen molar-refractivity contribution in [2.24, 2.45) is 7.05 Å². The standard InChI is InChI=1S/C9H15N5O2/c1-7-5-13(4-3-10-7)9-8(14(15)16)6-12(2)11-9/h6-7,10H,3-5H2,1-2H3. The van der Waals surface area contributed by atoms with Gasteiger partial charge in [0.2, 0.25) is 5.82 Å². The Balaban J connectivity index is 2.28. The van der Waals surface area contributed by atoms with Gasteiger partial charge in [-0.2, -0.15) is 0 Å². The van der Waals surface area contributed by atoms with Gasteiger partial charge in [0.05, 0.1) is 4.92 Å². The zero-order chi connectivity index (χ0) is 11.7. The normalized spacial score (nSPS) is 21.1. The van der Waals surface area contributed by atoms with Crippen LogP contribution in [0.15, 0.2) is 6.20 Å². The van der Waals surface area contributed by atoms with Crippen molar-refractivity contribution in [2.75, 3.05) is 24.5 Å². The molecular formula is C9H15N5O2. The minimum absolute atomic E-state index is 0.0802. The molecule has 2 heterocycles. The van der Waals surface area contributed by atoms with E-state index < -0.39 is 0 Å². The van der Waals surface area contributed by atoms with Crippen LogP contribution in [0, 0.1) is 10.1 Å². The molecule has 0 aromatic carbocycles. The van der Waals surface area contributed by atoms with Crippen LogP contribution in [0.2, 0.25) is 0 Å². The van der Waals surface area contributed by atoms with Gasteiger partial charge in [-0.25, -0.2) is 0 Å². The number of anilines is 1. The molecule has 0 aliphatic carbocycles. The first-order valence-electron chi connectivity index (χ1n) is 5.24. The Morgan fingerprint density at radius 1 is 1.69 bits per heavy atom. The van der Waals surface area contributed by atoms with Gasteiger partial charge in [-0.05, 0) is 6.92 Å². The van der Waals surface area contributed by atoms with E-state index in [9.17, 15) is 10.1 Å². The maximum atomic E-state index is 10.9. The third kappa shape index (κ3) is 1.99. The molecule has 1 atom stereocenters. The molecule has 16 heavy (non-hydrogen) atoms. The van der Waals surface area contributed by atoms with Gasteiger partial charge in [0, 0.05) is 32.7 Å². The summed E-state index contributed by atoms with van der Waals surface area (Å²) >= 11 is 0. The highest BCUT2D eigenvalue weighted by atomic mass is 16.6. The minimum atomic E-state index is -0.380. The molecule has 0 bridgehead atoms. The SMILES string of the molecule is CC1CN(c2nn(C)cc2[N+](=O)[O-])CCN1. The highest BCUT2D eigenvalue weighted by molar-refractivity contribution is 5.57. The molecule has 0 spiro atoms. The molecule has 1 saturated heterocycles. The van der Waals surface area contributed by atoms with Gasteiger partial charge in [0.25, 0.3) is 0 Å². The fourth-order valence-corrected chi connectivity index (χ4v) is 1.94. The van der Waals surface area contributed by atoms with E-state index in [1.165, 1.54) is 10.9 Å². The first-order valence-corrected chi connectivity index (χ1v) is 5.24. The molecule has 1 fully saturated rings. The number of nitro groups is 1. The monoisotopic (exact) mass is 225 g/mol. The zero-order valence-electron chi connectivity index (χ0n) is 9.38. The van der Waals surface area contributed by atoms with Crippen molar-refractivity contribution in [1.82, 2.24) is 15.1 Å². The van der Waals surface area contributed by atoms with Gasteiger partial charge in [-0.1, -0.05) is 0 Å². The average molecular weight is 225 g/mol. The van der Waals surface area contributed by atoms with E-state index in [4.69, 9.17) is 0 Å². The Labute approximate surface area is 93.2 Å². The Hall–Kier alpha value is -1.63. The van der Waals surface area contributed by atoms with E-state index in [1.54, 1.807) is 7.05 Å². The van der Waals surface area contributed by atoms with Crippen molar-refractivity contribution >= 4 is 11.5 Å². The van der Waals surface area contributed by atoms with Crippen molar-refractivity contribution in [3.05, 3.63) is 16.3 Å². The number of hydrogen-bond donors (Lipinski definition) is 1. The summed E-state index contributed by atoms with van der Waals surface area (Å²) in [5, 5.41) is 18.3. The third-order valence-corrected chi connectivity index (χ3v) is 2.66. The Kier molecular flexibility index (Phi) is 2.78. The maximum Gasteiger partial charge on any atom is 0.330 e. The van der Waals surface area contributed by atoms with Gasteiger partial charge < -0.3 is 10.2 Å². The summed E-state index contributed by atoms with van der Waals surface area (Å²) in [6, 6.07) is 0.329. The number of aryl methyl sites for hydroxylation is 1. The summed E-state index contributed by atoms with van der Waals surface area (Å²) < 4.78 is 1.49. The number of nitrogens with one attached hydrogen (secondary N) is 1. The van der Waals surface area contributed by atoms with Gasteiger partial charge in [0.1, 0.15) is 6.20 Å². The van der Waals surface area contributed by atoms with Crippen LogP contribution in [0.5, 0.6) is 0 Å². The van der Waals surface area contributed by atoms with Crippen LogP contribution >= 0.6 is 0 Å². The van der Waals surface area contributed by atoms with Crippen LogP contribution in [-0.4, -0.2) is 40.4 Å². The molecule has 1 aromatic heterocycles. The smallest absolute Gasteiger partial charge is 0.330 e. The Bertz CT molecular complexity index is 403. The number of aromatic nitrogens is 2. The molecule has 2 rings (SSSR count). The highest BCUT2D eigenvalue weighted by Gasteiger charge is 2.26. The summed E-state index contributed by atoms with van der Waals surface area (Å²) in [5.41, 5.74) is 0.0802. The van der Waals surface area contributed by atoms with E-state index >= 15 is 0 Å². The summed E-state index contributed by atoms with van der Waals surface area (Å²) in [5.74, 6) is 0.473. The molecule has 7 heteroatoms. The predicted octanol–water partition coefficient (Wildman–Crippen LogP) is 0.126. The molecule has 0 saturated carbocycles. The molecular weight excluding hydrogens is 210 g/mol. The molecule has 88 valence electrons. The zero-order valence-corrected chi connectivity index (χ0v) is 9.38. The van der Waals surface area contributed by atoms with E-state index in [2.05, 4.69) is 17.3 Å². The van der Waals surface area contributed by atoms with Gasteiger partial charge in [-0.3, -0.25) is 14.8 Å². The van der Waals surface area contributed by atoms with E-state index in [1.807, 2.05) is 4.90 Å². The van der Waals surface area contributed by atoms with Crippen molar-refractivity contribution in [2.45, 2.75) is 13.0 Å². The molecule has 1 unspecified atom stereocenters. The predicted molar refractivity (Wildman–Crippen MR) is 59.5 cm³/mol. The lowest BCUT2D eigenvalue weighted by atomic mass is 10.2. The summed E-state index contributed by atoms with van der Waals surface area (Å²) in [6.07, 6.45) is 1.45. The van der Waals surface area contributed by atoms with Crippen molar-refractivity contribution in [1.29, 1.82) is 0 Å². The van der Waals surface area contributed by atoms with E-state index in [0.717, 1.165) is 19.6 Å². The topological polar surface area (TPSA) is 76.2 Å².